The van der Waals surface area contributed by atoms with Crippen LogP contribution in [-0.2, 0) is 9.59 Å². The highest BCUT2D eigenvalue weighted by Gasteiger charge is 2.12. The molecule has 11 heavy (non-hydrogen) atoms. The Bertz CT molecular complexity index is 192. The van der Waals surface area contributed by atoms with E-state index in [1.165, 1.54) is 0 Å². The molecule has 1 N–H and O–H groups in total. The summed E-state index contributed by atoms with van der Waals surface area (Å²) in [5.74, 6) is -1.30. The van der Waals surface area contributed by atoms with Gasteiger partial charge < -0.3 is 5.11 Å². The zero-order valence-corrected chi connectivity index (χ0v) is 6.76. The van der Waals surface area contributed by atoms with Crippen molar-refractivity contribution in [2.75, 3.05) is 0 Å². The molecule has 0 heterocycles. The zero-order valence-electron chi connectivity index (χ0n) is 6.76. The number of carbonyl (C=O) groups is 2. The number of rotatable bonds is 4. The summed E-state index contributed by atoms with van der Waals surface area (Å²) in [5, 5.41) is 8.36. The SMILES string of the molecule is C=C(CC(=O)C(C)C)C(=O)O. The summed E-state index contributed by atoms with van der Waals surface area (Å²) < 4.78 is 0. The first kappa shape index (κ1) is 9.88. The maximum atomic E-state index is 10.9. The van der Waals surface area contributed by atoms with Crippen LogP contribution in [0.2, 0.25) is 0 Å². The molecule has 0 saturated carbocycles. The summed E-state index contributed by atoms with van der Waals surface area (Å²) >= 11 is 0. The quantitative estimate of drug-likeness (QED) is 0.623. The van der Waals surface area contributed by atoms with Gasteiger partial charge in [-0.1, -0.05) is 20.4 Å². The number of carboxylic acid groups (broad SMARTS) is 1. The Morgan fingerprint density at radius 1 is 1.45 bits per heavy atom. The first-order chi connectivity index (χ1) is 4.95. The van der Waals surface area contributed by atoms with Crippen molar-refractivity contribution in [2.24, 2.45) is 5.92 Å². The van der Waals surface area contributed by atoms with Crippen molar-refractivity contribution in [2.45, 2.75) is 20.3 Å². The molecule has 0 aliphatic rings. The van der Waals surface area contributed by atoms with Gasteiger partial charge in [-0.3, -0.25) is 4.79 Å². The highest BCUT2D eigenvalue weighted by atomic mass is 16.4. The molecule has 0 fully saturated rings. The Hall–Kier alpha value is -1.12. The molecular formula is C8H12O3. The van der Waals surface area contributed by atoms with Crippen molar-refractivity contribution in [3.8, 4) is 0 Å². The van der Waals surface area contributed by atoms with Crippen molar-refractivity contribution in [1.82, 2.24) is 0 Å². The predicted molar refractivity (Wildman–Crippen MR) is 41.2 cm³/mol. The second kappa shape index (κ2) is 3.91. The number of carboxylic acids is 1. The second-order valence-corrected chi connectivity index (χ2v) is 2.71. The van der Waals surface area contributed by atoms with E-state index >= 15 is 0 Å². The van der Waals surface area contributed by atoms with Crippen LogP contribution < -0.4 is 0 Å². The summed E-state index contributed by atoms with van der Waals surface area (Å²) in [5.41, 5.74) is -0.0382. The van der Waals surface area contributed by atoms with Gasteiger partial charge in [-0.05, 0) is 0 Å². The standard InChI is InChI=1S/C8H12O3/c1-5(2)7(9)4-6(3)8(10)11/h5H,3-4H2,1-2H3,(H,10,11). The van der Waals surface area contributed by atoms with Crippen LogP contribution in [-0.4, -0.2) is 16.9 Å². The molecule has 3 nitrogen and oxygen atoms in total. The summed E-state index contributed by atoms with van der Waals surface area (Å²) in [4.78, 5) is 21.1. The average molecular weight is 156 g/mol. The molecule has 0 radical (unpaired) electrons. The zero-order chi connectivity index (χ0) is 9.02. The Balaban J connectivity index is 3.96. The number of carbonyl (C=O) groups excluding carboxylic acids is 1. The third kappa shape index (κ3) is 3.55. The molecule has 0 unspecified atom stereocenters. The first-order valence-corrected chi connectivity index (χ1v) is 3.39. The predicted octanol–water partition coefficient (Wildman–Crippen LogP) is 1.24. The van der Waals surface area contributed by atoms with Crippen molar-refractivity contribution in [3.05, 3.63) is 12.2 Å². The summed E-state index contributed by atoms with van der Waals surface area (Å²) in [7, 11) is 0. The van der Waals surface area contributed by atoms with E-state index < -0.39 is 5.97 Å². The van der Waals surface area contributed by atoms with Gasteiger partial charge in [0.05, 0.1) is 0 Å². The number of ketones is 1. The van der Waals surface area contributed by atoms with Crippen LogP contribution in [0, 0.1) is 5.92 Å². The van der Waals surface area contributed by atoms with Gasteiger partial charge in [-0.25, -0.2) is 4.79 Å². The van der Waals surface area contributed by atoms with Gasteiger partial charge in [0.15, 0.2) is 0 Å². The Kier molecular flexibility index (Phi) is 3.51. The topological polar surface area (TPSA) is 54.4 Å². The largest absolute Gasteiger partial charge is 0.478 e. The van der Waals surface area contributed by atoms with Crippen molar-refractivity contribution in [1.29, 1.82) is 0 Å². The highest BCUT2D eigenvalue weighted by Crippen LogP contribution is 2.05. The Morgan fingerprint density at radius 3 is 2.18 bits per heavy atom. The Labute approximate surface area is 65.7 Å². The van der Waals surface area contributed by atoms with Crippen LogP contribution >= 0.6 is 0 Å². The molecule has 0 atom stereocenters. The second-order valence-electron chi connectivity index (χ2n) is 2.71. The van der Waals surface area contributed by atoms with Crippen LogP contribution in [0.3, 0.4) is 0 Å². The van der Waals surface area contributed by atoms with Crippen LogP contribution in [0.5, 0.6) is 0 Å². The fourth-order valence-electron chi connectivity index (χ4n) is 0.490. The maximum Gasteiger partial charge on any atom is 0.331 e. The van der Waals surface area contributed by atoms with Crippen LogP contribution in [0.15, 0.2) is 12.2 Å². The fraction of sp³-hybridized carbons (Fsp3) is 0.500. The lowest BCUT2D eigenvalue weighted by atomic mass is 10.0. The molecular weight excluding hydrogens is 144 g/mol. The molecule has 0 aromatic rings. The van der Waals surface area contributed by atoms with Gasteiger partial charge in [-0.15, -0.1) is 0 Å². The van der Waals surface area contributed by atoms with E-state index in [2.05, 4.69) is 6.58 Å². The average Bonchev–Trinajstić information content (AvgIpc) is 1.87. The van der Waals surface area contributed by atoms with Crippen molar-refractivity contribution < 1.29 is 14.7 Å². The van der Waals surface area contributed by atoms with E-state index in [4.69, 9.17) is 5.11 Å². The number of Topliss-reactive ketones (excluding diaryl/α,β-unsaturated/α-hetero) is 1. The molecule has 0 saturated heterocycles. The van der Waals surface area contributed by atoms with Crippen molar-refractivity contribution in [3.63, 3.8) is 0 Å². The van der Waals surface area contributed by atoms with Crippen LogP contribution in [0.1, 0.15) is 20.3 Å². The van der Waals surface area contributed by atoms with Gasteiger partial charge in [0.1, 0.15) is 5.78 Å². The molecule has 0 amide bonds. The normalized spacial score (nSPS) is 9.73. The molecule has 3 heteroatoms. The molecule has 0 spiro atoms. The van der Waals surface area contributed by atoms with E-state index in [1.54, 1.807) is 13.8 Å². The minimum Gasteiger partial charge on any atom is -0.478 e. The lowest BCUT2D eigenvalue weighted by Gasteiger charge is -2.02. The minimum absolute atomic E-state index is 0.0382. The molecule has 0 aliphatic heterocycles. The van der Waals surface area contributed by atoms with Gasteiger partial charge in [0.25, 0.3) is 0 Å². The van der Waals surface area contributed by atoms with E-state index in [1.807, 2.05) is 0 Å². The summed E-state index contributed by atoms with van der Waals surface area (Å²) in [6, 6.07) is 0. The van der Waals surface area contributed by atoms with E-state index in [0.29, 0.717) is 0 Å². The van der Waals surface area contributed by atoms with Gasteiger partial charge in [0, 0.05) is 17.9 Å². The third-order valence-corrected chi connectivity index (χ3v) is 1.33. The summed E-state index contributed by atoms with van der Waals surface area (Å²) in [6.45, 7) is 6.72. The van der Waals surface area contributed by atoms with E-state index in [-0.39, 0.29) is 23.7 Å². The summed E-state index contributed by atoms with van der Waals surface area (Å²) in [6.07, 6.45) is -0.0486. The Morgan fingerprint density at radius 2 is 1.91 bits per heavy atom. The fourth-order valence-corrected chi connectivity index (χ4v) is 0.490. The number of hydrogen-bond donors (Lipinski definition) is 1. The van der Waals surface area contributed by atoms with Crippen molar-refractivity contribution >= 4 is 11.8 Å². The van der Waals surface area contributed by atoms with Crippen LogP contribution in [0.25, 0.3) is 0 Å². The maximum absolute atomic E-state index is 10.9. The monoisotopic (exact) mass is 156 g/mol. The molecule has 0 rings (SSSR count). The van der Waals surface area contributed by atoms with Gasteiger partial charge in [0.2, 0.25) is 0 Å². The third-order valence-electron chi connectivity index (χ3n) is 1.33. The van der Waals surface area contributed by atoms with E-state index in [0.717, 1.165) is 0 Å². The van der Waals surface area contributed by atoms with Crippen LogP contribution in [0.4, 0.5) is 0 Å². The molecule has 0 aliphatic carbocycles. The van der Waals surface area contributed by atoms with Gasteiger partial charge >= 0.3 is 5.97 Å². The molecule has 0 bridgehead atoms. The lowest BCUT2D eigenvalue weighted by molar-refractivity contribution is -0.134. The molecule has 0 aromatic carbocycles. The first-order valence-electron chi connectivity index (χ1n) is 3.39. The smallest absolute Gasteiger partial charge is 0.331 e. The lowest BCUT2D eigenvalue weighted by Crippen LogP contribution is -2.11. The molecule has 62 valence electrons. The minimum atomic E-state index is -1.10. The number of hydrogen-bond acceptors (Lipinski definition) is 2. The highest BCUT2D eigenvalue weighted by molar-refractivity contribution is 5.94. The number of aliphatic carboxylic acids is 1. The van der Waals surface area contributed by atoms with Gasteiger partial charge in [-0.2, -0.15) is 0 Å². The molecule has 0 aromatic heterocycles. The van der Waals surface area contributed by atoms with E-state index in [9.17, 15) is 9.59 Å².